The highest BCUT2D eigenvalue weighted by Gasteiger charge is 2.11. The monoisotopic (exact) mass is 467 g/mol. The van der Waals surface area contributed by atoms with Gasteiger partial charge in [-0.3, -0.25) is 0 Å². The summed E-state index contributed by atoms with van der Waals surface area (Å²) in [5.74, 6) is 1.80. The van der Waals surface area contributed by atoms with Crippen molar-refractivity contribution in [1.82, 2.24) is 20.2 Å². The highest BCUT2D eigenvalue weighted by Crippen LogP contribution is 2.30. The van der Waals surface area contributed by atoms with Crippen LogP contribution >= 0.6 is 11.6 Å². The number of halogens is 2. The van der Waals surface area contributed by atoms with E-state index in [9.17, 15) is 4.39 Å². The normalized spacial score (nSPS) is 11.4. The van der Waals surface area contributed by atoms with Gasteiger partial charge in [-0.2, -0.15) is 0 Å². The molecule has 0 saturated heterocycles. The molecule has 0 atom stereocenters. The molecule has 33 heavy (non-hydrogen) atoms. The van der Waals surface area contributed by atoms with Gasteiger partial charge in [-0.1, -0.05) is 25.4 Å². The van der Waals surface area contributed by atoms with E-state index in [0.717, 1.165) is 54.2 Å². The smallest absolute Gasteiger partial charge is 0.141 e. The third kappa shape index (κ3) is 5.68. The number of benzene rings is 2. The lowest BCUT2D eigenvalue weighted by atomic mass is 10.1. The van der Waals surface area contributed by atoms with Crippen LogP contribution < -0.4 is 10.6 Å². The van der Waals surface area contributed by atoms with Gasteiger partial charge < -0.3 is 20.0 Å². The van der Waals surface area contributed by atoms with E-state index < -0.39 is 5.82 Å². The Bertz CT molecular complexity index is 1220. The average Bonchev–Trinajstić information content (AvgIpc) is 3.30. The van der Waals surface area contributed by atoms with E-state index in [2.05, 4.69) is 39.3 Å². The van der Waals surface area contributed by atoms with Crippen LogP contribution in [0.4, 0.5) is 15.9 Å². The fraction of sp³-hybridized carbons (Fsp3) is 0.280. The van der Waals surface area contributed by atoms with E-state index in [0.29, 0.717) is 18.1 Å². The van der Waals surface area contributed by atoms with Gasteiger partial charge in [0.15, 0.2) is 0 Å². The molecular weight excluding hydrogens is 441 g/mol. The van der Waals surface area contributed by atoms with Gasteiger partial charge in [-0.15, -0.1) is 0 Å². The lowest BCUT2D eigenvalue weighted by Crippen LogP contribution is -2.31. The maximum absolute atomic E-state index is 13.5. The minimum absolute atomic E-state index is 0.0490. The number of rotatable bonds is 10. The first kappa shape index (κ1) is 23.2. The number of hydrogen-bond acceptors (Lipinski definition) is 6. The van der Waals surface area contributed by atoms with Crippen LogP contribution in [0.1, 0.15) is 19.6 Å². The first-order valence-corrected chi connectivity index (χ1v) is 11.4. The number of likely N-dealkylation sites (N-methyl/N-ethyl adjacent to an activating group) is 1. The molecule has 0 aliphatic rings. The van der Waals surface area contributed by atoms with Gasteiger partial charge in [0.2, 0.25) is 0 Å². The van der Waals surface area contributed by atoms with Crippen molar-refractivity contribution in [1.29, 1.82) is 0 Å². The van der Waals surface area contributed by atoms with E-state index in [1.807, 2.05) is 30.3 Å². The van der Waals surface area contributed by atoms with Crippen molar-refractivity contribution in [3.05, 3.63) is 71.5 Å². The molecule has 0 spiro atoms. The van der Waals surface area contributed by atoms with Crippen LogP contribution in [0.25, 0.3) is 22.2 Å². The summed E-state index contributed by atoms with van der Waals surface area (Å²) in [6, 6.07) is 14.3. The van der Waals surface area contributed by atoms with Crippen molar-refractivity contribution in [3.63, 3.8) is 0 Å². The molecule has 172 valence electrons. The third-order valence-electron chi connectivity index (χ3n) is 5.56. The molecule has 0 aliphatic carbocycles. The number of nitrogens with zero attached hydrogens (tertiary/aromatic N) is 3. The van der Waals surface area contributed by atoms with Crippen molar-refractivity contribution in [2.24, 2.45) is 0 Å². The molecule has 2 heterocycles. The molecule has 6 nitrogen and oxygen atoms in total. The largest absolute Gasteiger partial charge is 0.460 e. The Labute approximate surface area is 197 Å². The number of nitrogens with one attached hydrogen (secondary N) is 2. The number of furan rings is 1. The summed E-state index contributed by atoms with van der Waals surface area (Å²) in [6.45, 7) is 9.06. The summed E-state index contributed by atoms with van der Waals surface area (Å²) in [5.41, 5.74) is 2.35. The Hall–Kier alpha value is -3.00. The van der Waals surface area contributed by atoms with Crippen LogP contribution in [0.3, 0.4) is 0 Å². The Balaban J connectivity index is 1.50. The summed E-state index contributed by atoms with van der Waals surface area (Å²) < 4.78 is 19.6. The van der Waals surface area contributed by atoms with Crippen molar-refractivity contribution >= 4 is 34.0 Å². The zero-order chi connectivity index (χ0) is 23.2. The summed E-state index contributed by atoms with van der Waals surface area (Å²) in [7, 11) is 0. The van der Waals surface area contributed by atoms with Crippen molar-refractivity contribution < 1.29 is 8.81 Å². The molecule has 0 saturated carbocycles. The molecule has 2 aromatic carbocycles. The zero-order valence-electron chi connectivity index (χ0n) is 18.7. The highest BCUT2D eigenvalue weighted by atomic mass is 35.5. The second-order valence-corrected chi connectivity index (χ2v) is 8.08. The van der Waals surface area contributed by atoms with E-state index in [-0.39, 0.29) is 5.02 Å². The van der Waals surface area contributed by atoms with Crippen molar-refractivity contribution in [2.75, 3.05) is 31.5 Å². The lowest BCUT2D eigenvalue weighted by molar-refractivity contribution is 0.300. The molecule has 0 radical (unpaired) electrons. The SMILES string of the molecule is CCN(CC)CCNCc1ccc(-c2ccc3ncnc(Nc4ccc(F)c(Cl)c4)c3c2)o1. The van der Waals surface area contributed by atoms with Crippen LogP contribution in [0.5, 0.6) is 0 Å². The fourth-order valence-corrected chi connectivity index (χ4v) is 3.82. The fourth-order valence-electron chi connectivity index (χ4n) is 3.64. The van der Waals surface area contributed by atoms with Crippen molar-refractivity contribution in [2.45, 2.75) is 20.4 Å². The highest BCUT2D eigenvalue weighted by molar-refractivity contribution is 6.31. The molecule has 0 fully saturated rings. The van der Waals surface area contributed by atoms with Gasteiger partial charge in [0.25, 0.3) is 0 Å². The quantitative estimate of drug-likeness (QED) is 0.285. The van der Waals surface area contributed by atoms with Crippen LogP contribution in [-0.2, 0) is 6.54 Å². The Kier molecular flexibility index (Phi) is 7.54. The van der Waals surface area contributed by atoms with Crippen LogP contribution in [0.15, 0.2) is 59.3 Å². The second kappa shape index (κ2) is 10.7. The summed E-state index contributed by atoms with van der Waals surface area (Å²) in [5, 5.41) is 7.52. The minimum atomic E-state index is -0.465. The summed E-state index contributed by atoms with van der Waals surface area (Å²) >= 11 is 5.91. The van der Waals surface area contributed by atoms with Crippen LogP contribution in [-0.4, -0.2) is 41.0 Å². The van der Waals surface area contributed by atoms with E-state index >= 15 is 0 Å². The molecule has 2 aromatic heterocycles. The minimum Gasteiger partial charge on any atom is -0.460 e. The first-order chi connectivity index (χ1) is 16.1. The van der Waals surface area contributed by atoms with Crippen molar-refractivity contribution in [3.8, 4) is 11.3 Å². The van der Waals surface area contributed by atoms with Gasteiger partial charge >= 0.3 is 0 Å². The summed E-state index contributed by atoms with van der Waals surface area (Å²) in [4.78, 5) is 11.1. The molecule has 0 aliphatic heterocycles. The zero-order valence-corrected chi connectivity index (χ0v) is 19.5. The molecular formula is C25H27ClFN5O. The van der Waals surface area contributed by atoms with Crippen LogP contribution in [0, 0.1) is 5.82 Å². The second-order valence-electron chi connectivity index (χ2n) is 7.68. The molecule has 0 bridgehead atoms. The maximum Gasteiger partial charge on any atom is 0.141 e. The number of fused-ring (bicyclic) bond motifs is 1. The topological polar surface area (TPSA) is 66.2 Å². The molecule has 4 aromatic rings. The van der Waals surface area contributed by atoms with Gasteiger partial charge in [-0.25, -0.2) is 14.4 Å². The predicted octanol–water partition coefficient (Wildman–Crippen LogP) is 5.86. The van der Waals surface area contributed by atoms with Crippen LogP contribution in [0.2, 0.25) is 5.02 Å². The van der Waals surface area contributed by atoms with Gasteiger partial charge in [0.1, 0.15) is 29.5 Å². The molecule has 0 unspecified atom stereocenters. The average molecular weight is 468 g/mol. The predicted molar refractivity (Wildman–Crippen MR) is 131 cm³/mol. The van der Waals surface area contributed by atoms with Gasteiger partial charge in [0, 0.05) is 29.7 Å². The Morgan fingerprint density at radius 1 is 1.03 bits per heavy atom. The molecule has 0 amide bonds. The number of hydrogen-bond donors (Lipinski definition) is 2. The number of aromatic nitrogens is 2. The summed E-state index contributed by atoms with van der Waals surface area (Å²) in [6.07, 6.45) is 1.49. The lowest BCUT2D eigenvalue weighted by Gasteiger charge is -2.17. The molecule has 2 N–H and O–H groups in total. The maximum atomic E-state index is 13.5. The van der Waals surface area contributed by atoms with Gasteiger partial charge in [0.05, 0.1) is 17.1 Å². The van der Waals surface area contributed by atoms with E-state index in [1.165, 1.54) is 18.5 Å². The Morgan fingerprint density at radius 3 is 2.67 bits per heavy atom. The Morgan fingerprint density at radius 2 is 1.88 bits per heavy atom. The van der Waals surface area contributed by atoms with Gasteiger partial charge in [-0.05, 0) is 61.6 Å². The standard InChI is InChI=1S/C25H27ClFN5O/c1-3-32(4-2)12-11-28-15-19-7-10-24(33-19)17-5-9-23-20(13-17)25(30-16-29-23)31-18-6-8-22(27)21(26)14-18/h5-10,13-14,16,28H,3-4,11-12,15H2,1-2H3,(H,29,30,31). The van der Waals surface area contributed by atoms with E-state index in [4.69, 9.17) is 16.0 Å². The molecule has 4 rings (SSSR count). The third-order valence-corrected chi connectivity index (χ3v) is 5.85. The van der Waals surface area contributed by atoms with E-state index in [1.54, 1.807) is 6.07 Å². The number of anilines is 2. The first-order valence-electron chi connectivity index (χ1n) is 11.1. The molecule has 8 heteroatoms.